The van der Waals surface area contributed by atoms with Gasteiger partial charge in [-0.1, -0.05) is 26.8 Å². The highest BCUT2D eigenvalue weighted by Crippen LogP contribution is 2.36. The number of rotatable bonds is 7. The molecule has 2 heterocycles. The Kier molecular flexibility index (Phi) is 6.87. The largest absolute Gasteiger partial charge is 0.477 e. The summed E-state index contributed by atoms with van der Waals surface area (Å²) in [6.07, 6.45) is 1.95. The van der Waals surface area contributed by atoms with E-state index in [4.69, 9.17) is 9.53 Å². The van der Waals surface area contributed by atoms with Crippen molar-refractivity contribution >= 4 is 20.4 Å². The number of nitrogens with zero attached hydrogens (tertiary/aromatic N) is 2. The molecular formula is C20H32N2O5Si. The molecule has 1 unspecified atom stereocenters. The molecule has 28 heavy (non-hydrogen) atoms. The third kappa shape index (κ3) is 5.32. The molecule has 1 aliphatic rings. The Morgan fingerprint density at radius 3 is 2.50 bits per heavy atom. The predicted molar refractivity (Wildman–Crippen MR) is 109 cm³/mol. The van der Waals surface area contributed by atoms with E-state index in [0.717, 1.165) is 18.4 Å². The van der Waals surface area contributed by atoms with E-state index < -0.39 is 20.4 Å². The van der Waals surface area contributed by atoms with Crippen molar-refractivity contribution in [1.82, 2.24) is 9.88 Å². The number of carbonyl (C=O) groups is 2. The molecular weight excluding hydrogens is 376 g/mol. The third-order valence-corrected chi connectivity index (χ3v) is 10.5. The first kappa shape index (κ1) is 22.4. The fourth-order valence-corrected chi connectivity index (χ4v) is 4.21. The highest BCUT2D eigenvalue weighted by Gasteiger charge is 2.37. The highest BCUT2D eigenvalue weighted by molar-refractivity contribution is 6.74. The van der Waals surface area contributed by atoms with Crippen molar-refractivity contribution in [3.8, 4) is 0 Å². The topological polar surface area (TPSA) is 100.0 Å². The summed E-state index contributed by atoms with van der Waals surface area (Å²) >= 11 is 0. The molecule has 0 bridgehead atoms. The molecule has 0 aromatic carbocycles. The molecule has 2 rings (SSSR count). The molecule has 7 nitrogen and oxygen atoms in total. The molecule has 2 N–H and O–H groups in total. The fourth-order valence-electron chi connectivity index (χ4n) is 3.12. The minimum Gasteiger partial charge on any atom is -0.477 e. The maximum absolute atomic E-state index is 11.7. The maximum atomic E-state index is 11.7. The SMILES string of the molecule is CC(C)(C)[Si](C)(C)OCCCCC1Cc2nc(C(=O)O)ccc2CN1C(=O)O. The molecule has 156 valence electrons. The van der Waals surface area contributed by atoms with Gasteiger partial charge in [0.05, 0.1) is 6.54 Å². The average Bonchev–Trinajstić information content (AvgIpc) is 2.58. The van der Waals surface area contributed by atoms with E-state index in [-0.39, 0.29) is 23.3 Å². The molecule has 0 radical (unpaired) electrons. The zero-order valence-electron chi connectivity index (χ0n) is 17.5. The second kappa shape index (κ2) is 8.61. The molecule has 0 spiro atoms. The third-order valence-electron chi connectivity index (χ3n) is 5.94. The summed E-state index contributed by atoms with van der Waals surface area (Å²) in [4.78, 5) is 28.5. The van der Waals surface area contributed by atoms with Crippen LogP contribution in [0.25, 0.3) is 0 Å². The molecule has 1 amide bonds. The Hall–Kier alpha value is -1.93. The lowest BCUT2D eigenvalue weighted by Gasteiger charge is -2.36. The van der Waals surface area contributed by atoms with Gasteiger partial charge in [0.25, 0.3) is 0 Å². The summed E-state index contributed by atoms with van der Waals surface area (Å²) < 4.78 is 6.19. The predicted octanol–water partition coefficient (Wildman–Crippen LogP) is 4.38. The van der Waals surface area contributed by atoms with Crippen molar-refractivity contribution in [2.75, 3.05) is 6.61 Å². The van der Waals surface area contributed by atoms with Gasteiger partial charge in [-0.25, -0.2) is 14.6 Å². The Morgan fingerprint density at radius 1 is 1.25 bits per heavy atom. The van der Waals surface area contributed by atoms with E-state index in [9.17, 15) is 14.7 Å². The highest BCUT2D eigenvalue weighted by atomic mass is 28.4. The lowest BCUT2D eigenvalue weighted by Crippen LogP contribution is -2.44. The normalized spacial score (nSPS) is 17.3. The lowest BCUT2D eigenvalue weighted by molar-refractivity contribution is 0.0688. The quantitative estimate of drug-likeness (QED) is 0.513. The van der Waals surface area contributed by atoms with E-state index in [1.54, 1.807) is 6.07 Å². The molecule has 1 aromatic heterocycles. The number of hydrogen-bond acceptors (Lipinski definition) is 4. The van der Waals surface area contributed by atoms with Crippen molar-refractivity contribution in [3.05, 3.63) is 29.1 Å². The van der Waals surface area contributed by atoms with Crippen LogP contribution in [0, 0.1) is 0 Å². The first-order valence-corrected chi connectivity index (χ1v) is 12.7. The lowest BCUT2D eigenvalue weighted by atomic mass is 9.95. The van der Waals surface area contributed by atoms with Gasteiger partial charge < -0.3 is 19.5 Å². The minimum absolute atomic E-state index is 0.00375. The molecule has 0 saturated carbocycles. The van der Waals surface area contributed by atoms with Crippen LogP contribution in [0.4, 0.5) is 4.79 Å². The van der Waals surface area contributed by atoms with Crippen LogP contribution in [-0.2, 0) is 17.4 Å². The summed E-state index contributed by atoms with van der Waals surface area (Å²) in [6, 6.07) is 2.92. The molecule has 1 aliphatic heterocycles. The van der Waals surface area contributed by atoms with Crippen LogP contribution in [0.15, 0.2) is 12.1 Å². The number of aromatic carboxylic acids is 1. The minimum atomic E-state index is -1.76. The molecule has 1 atom stereocenters. The standard InChI is InChI=1S/C20H32N2O5Si/c1-20(2,3)28(4,5)27-11-7-6-8-15-12-17-14(13-22(15)19(25)26)9-10-16(21-17)18(23)24/h9-10,15H,6-8,11-13H2,1-5H3,(H,23,24)(H,25,26). The first-order chi connectivity index (χ1) is 12.9. The zero-order chi connectivity index (χ0) is 21.1. The van der Waals surface area contributed by atoms with Gasteiger partial charge in [0.1, 0.15) is 5.69 Å². The van der Waals surface area contributed by atoms with E-state index >= 15 is 0 Å². The molecule has 8 heteroatoms. The second-order valence-electron chi connectivity index (χ2n) is 8.98. The van der Waals surface area contributed by atoms with Crippen LogP contribution < -0.4 is 0 Å². The molecule has 0 aliphatic carbocycles. The smallest absolute Gasteiger partial charge is 0.407 e. The van der Waals surface area contributed by atoms with Crippen LogP contribution in [0.1, 0.15) is 61.8 Å². The number of carboxylic acid groups (broad SMARTS) is 2. The van der Waals surface area contributed by atoms with Crippen molar-refractivity contribution in [1.29, 1.82) is 0 Å². The Morgan fingerprint density at radius 2 is 1.93 bits per heavy atom. The van der Waals surface area contributed by atoms with Crippen LogP contribution in [0.2, 0.25) is 18.1 Å². The Bertz CT molecular complexity index is 730. The van der Waals surface area contributed by atoms with Gasteiger partial charge in [-0.15, -0.1) is 0 Å². The average molecular weight is 409 g/mol. The van der Waals surface area contributed by atoms with Gasteiger partial charge >= 0.3 is 12.1 Å². The van der Waals surface area contributed by atoms with Gasteiger partial charge in [0.15, 0.2) is 8.32 Å². The summed E-state index contributed by atoms with van der Waals surface area (Å²) in [5.41, 5.74) is 1.48. The number of unbranched alkanes of at least 4 members (excludes halogenated alkanes) is 1. The van der Waals surface area contributed by atoms with Gasteiger partial charge in [0.2, 0.25) is 0 Å². The number of aromatic nitrogens is 1. The van der Waals surface area contributed by atoms with Gasteiger partial charge in [-0.05, 0) is 49.0 Å². The molecule has 0 fully saturated rings. The van der Waals surface area contributed by atoms with Gasteiger partial charge in [0, 0.05) is 24.8 Å². The number of fused-ring (bicyclic) bond motifs is 1. The van der Waals surface area contributed by atoms with E-state index in [1.165, 1.54) is 11.0 Å². The van der Waals surface area contributed by atoms with Crippen molar-refractivity contribution in [2.45, 2.75) is 77.2 Å². The van der Waals surface area contributed by atoms with Gasteiger partial charge in [-0.3, -0.25) is 0 Å². The Balaban J connectivity index is 1.95. The van der Waals surface area contributed by atoms with Crippen LogP contribution in [0.5, 0.6) is 0 Å². The van der Waals surface area contributed by atoms with E-state index in [2.05, 4.69) is 38.8 Å². The van der Waals surface area contributed by atoms with Gasteiger partial charge in [-0.2, -0.15) is 0 Å². The summed E-state index contributed by atoms with van der Waals surface area (Å²) in [5, 5.41) is 18.9. The number of hydrogen-bond donors (Lipinski definition) is 2. The molecule has 0 saturated heterocycles. The number of carboxylic acids is 1. The Labute approximate surface area is 167 Å². The van der Waals surface area contributed by atoms with Crippen molar-refractivity contribution < 1.29 is 24.2 Å². The molecule has 1 aromatic rings. The van der Waals surface area contributed by atoms with E-state index in [1.807, 2.05) is 0 Å². The van der Waals surface area contributed by atoms with E-state index in [0.29, 0.717) is 25.1 Å². The zero-order valence-corrected chi connectivity index (χ0v) is 18.5. The fraction of sp³-hybridized carbons (Fsp3) is 0.650. The summed E-state index contributed by atoms with van der Waals surface area (Å²) in [6.45, 7) is 12.0. The van der Waals surface area contributed by atoms with Crippen LogP contribution >= 0.6 is 0 Å². The number of pyridine rings is 1. The summed E-state index contributed by atoms with van der Waals surface area (Å²) in [7, 11) is -1.76. The van der Waals surface area contributed by atoms with Crippen molar-refractivity contribution in [2.24, 2.45) is 0 Å². The second-order valence-corrected chi connectivity index (χ2v) is 13.8. The maximum Gasteiger partial charge on any atom is 0.407 e. The van der Waals surface area contributed by atoms with Crippen LogP contribution in [-0.4, -0.2) is 53.1 Å². The number of amides is 1. The van der Waals surface area contributed by atoms with Crippen LogP contribution in [0.3, 0.4) is 0 Å². The first-order valence-electron chi connectivity index (χ1n) is 9.78. The van der Waals surface area contributed by atoms with Crippen molar-refractivity contribution in [3.63, 3.8) is 0 Å². The summed E-state index contributed by atoms with van der Waals surface area (Å²) in [5.74, 6) is -1.07. The monoisotopic (exact) mass is 408 g/mol.